The standard InChI is InChI=1S/C25H22N2O3/c28-24-17-30-23-10-4-3-9-22(23)27(24)16-18-11-13-20(14-12-18)25(29)26-15-5-7-19-6-1-2-8-21(19)26/h1-4,6,8-14H,5,7,15-17H2. The maximum atomic E-state index is 13.1. The number of anilines is 2. The molecule has 5 rings (SSSR count). The fourth-order valence-electron chi connectivity index (χ4n) is 4.16. The van der Waals surface area contributed by atoms with Crippen LogP contribution in [0.3, 0.4) is 0 Å². The number of hydrogen-bond acceptors (Lipinski definition) is 3. The molecule has 0 saturated heterocycles. The second-order valence-electron chi connectivity index (χ2n) is 7.62. The number of hydrogen-bond donors (Lipinski definition) is 0. The van der Waals surface area contributed by atoms with E-state index in [1.807, 2.05) is 71.6 Å². The van der Waals surface area contributed by atoms with Crippen molar-refractivity contribution in [3.05, 3.63) is 89.5 Å². The number of carbonyl (C=O) groups is 2. The van der Waals surface area contributed by atoms with E-state index in [4.69, 9.17) is 4.74 Å². The molecule has 30 heavy (non-hydrogen) atoms. The van der Waals surface area contributed by atoms with Gasteiger partial charge in [0, 0.05) is 17.8 Å². The van der Waals surface area contributed by atoms with Gasteiger partial charge in [0.1, 0.15) is 5.75 Å². The third-order valence-electron chi connectivity index (χ3n) is 5.71. The van der Waals surface area contributed by atoms with Crippen LogP contribution in [0.15, 0.2) is 72.8 Å². The summed E-state index contributed by atoms with van der Waals surface area (Å²) < 4.78 is 5.51. The van der Waals surface area contributed by atoms with Gasteiger partial charge in [0.25, 0.3) is 11.8 Å². The third kappa shape index (κ3) is 3.32. The third-order valence-corrected chi connectivity index (χ3v) is 5.71. The van der Waals surface area contributed by atoms with Crippen LogP contribution in [-0.4, -0.2) is 25.0 Å². The molecule has 0 fully saturated rings. The molecule has 3 aromatic carbocycles. The van der Waals surface area contributed by atoms with Crippen LogP contribution in [0.5, 0.6) is 5.75 Å². The summed E-state index contributed by atoms with van der Waals surface area (Å²) >= 11 is 0. The smallest absolute Gasteiger partial charge is 0.265 e. The normalized spacial score (nSPS) is 15.3. The van der Waals surface area contributed by atoms with Gasteiger partial charge in [0.15, 0.2) is 6.61 Å². The topological polar surface area (TPSA) is 49.9 Å². The zero-order valence-corrected chi connectivity index (χ0v) is 16.6. The van der Waals surface area contributed by atoms with Crippen molar-refractivity contribution in [1.82, 2.24) is 0 Å². The first-order valence-electron chi connectivity index (χ1n) is 10.2. The van der Waals surface area contributed by atoms with Crippen molar-refractivity contribution in [3.63, 3.8) is 0 Å². The van der Waals surface area contributed by atoms with Crippen molar-refractivity contribution in [1.29, 1.82) is 0 Å². The highest BCUT2D eigenvalue weighted by Crippen LogP contribution is 2.33. The Balaban J connectivity index is 1.36. The molecule has 0 unspecified atom stereocenters. The first-order valence-corrected chi connectivity index (χ1v) is 10.2. The minimum Gasteiger partial charge on any atom is -0.482 e. The number of aryl methyl sites for hydroxylation is 1. The number of benzene rings is 3. The Labute approximate surface area is 175 Å². The zero-order valence-electron chi connectivity index (χ0n) is 16.6. The number of para-hydroxylation sites is 3. The Morgan fingerprint density at radius 1 is 0.900 bits per heavy atom. The van der Waals surface area contributed by atoms with Crippen LogP contribution in [-0.2, 0) is 17.8 Å². The number of amides is 2. The van der Waals surface area contributed by atoms with Gasteiger partial charge >= 0.3 is 0 Å². The van der Waals surface area contributed by atoms with Gasteiger partial charge in [-0.15, -0.1) is 0 Å². The summed E-state index contributed by atoms with van der Waals surface area (Å²) in [6, 6.07) is 23.2. The van der Waals surface area contributed by atoms with Crippen LogP contribution in [0.4, 0.5) is 11.4 Å². The maximum absolute atomic E-state index is 13.1. The Kier molecular flexibility index (Phi) is 4.71. The van der Waals surface area contributed by atoms with Crippen LogP contribution in [0.25, 0.3) is 0 Å². The fourth-order valence-corrected chi connectivity index (χ4v) is 4.16. The average Bonchev–Trinajstić information content (AvgIpc) is 2.80. The number of fused-ring (bicyclic) bond motifs is 2. The molecular weight excluding hydrogens is 376 g/mol. The number of nitrogens with zero attached hydrogens (tertiary/aromatic N) is 2. The van der Waals surface area contributed by atoms with Gasteiger partial charge in [-0.3, -0.25) is 9.59 Å². The highest BCUT2D eigenvalue weighted by atomic mass is 16.5. The van der Waals surface area contributed by atoms with E-state index in [9.17, 15) is 9.59 Å². The molecule has 2 amide bonds. The van der Waals surface area contributed by atoms with E-state index in [1.54, 1.807) is 4.90 Å². The average molecular weight is 398 g/mol. The Morgan fingerprint density at radius 3 is 2.47 bits per heavy atom. The van der Waals surface area contributed by atoms with Crippen LogP contribution >= 0.6 is 0 Å². The van der Waals surface area contributed by atoms with Crippen LogP contribution in [0.2, 0.25) is 0 Å². The predicted molar refractivity (Wildman–Crippen MR) is 116 cm³/mol. The minimum absolute atomic E-state index is 0.0153. The summed E-state index contributed by atoms with van der Waals surface area (Å²) in [4.78, 5) is 29.1. The Hall–Kier alpha value is -3.60. The van der Waals surface area contributed by atoms with Crippen molar-refractivity contribution in [2.45, 2.75) is 19.4 Å². The van der Waals surface area contributed by atoms with Crippen molar-refractivity contribution in [2.75, 3.05) is 23.0 Å². The van der Waals surface area contributed by atoms with Gasteiger partial charge in [-0.1, -0.05) is 42.5 Å². The number of rotatable bonds is 3. The molecule has 2 aliphatic rings. The van der Waals surface area contributed by atoms with E-state index in [0.29, 0.717) is 17.9 Å². The highest BCUT2D eigenvalue weighted by Gasteiger charge is 2.26. The van der Waals surface area contributed by atoms with Crippen LogP contribution in [0.1, 0.15) is 27.9 Å². The summed E-state index contributed by atoms with van der Waals surface area (Å²) in [6.45, 7) is 1.22. The number of ether oxygens (including phenoxy) is 1. The van der Waals surface area contributed by atoms with Gasteiger partial charge < -0.3 is 14.5 Å². The van der Waals surface area contributed by atoms with E-state index >= 15 is 0 Å². The molecule has 0 N–H and O–H groups in total. The molecule has 5 nitrogen and oxygen atoms in total. The van der Waals surface area contributed by atoms with Gasteiger partial charge in [-0.25, -0.2) is 0 Å². The first kappa shape index (κ1) is 18.4. The molecule has 150 valence electrons. The van der Waals surface area contributed by atoms with Gasteiger partial charge in [-0.2, -0.15) is 0 Å². The van der Waals surface area contributed by atoms with Crippen LogP contribution < -0.4 is 14.5 Å². The lowest BCUT2D eigenvalue weighted by Crippen LogP contribution is -2.38. The van der Waals surface area contributed by atoms with Crippen molar-refractivity contribution < 1.29 is 14.3 Å². The molecule has 2 aliphatic heterocycles. The van der Waals surface area contributed by atoms with Crippen molar-refractivity contribution >= 4 is 23.2 Å². The molecule has 0 atom stereocenters. The second kappa shape index (κ2) is 7.67. The molecule has 3 aromatic rings. The zero-order chi connectivity index (χ0) is 20.5. The Bertz CT molecular complexity index is 1110. The quantitative estimate of drug-likeness (QED) is 0.664. The first-order chi connectivity index (χ1) is 14.7. The lowest BCUT2D eigenvalue weighted by Gasteiger charge is -2.30. The summed E-state index contributed by atoms with van der Waals surface area (Å²) in [7, 11) is 0. The SMILES string of the molecule is O=C(c1ccc(CN2C(=O)COc3ccccc32)cc1)N1CCCc2ccccc21. The highest BCUT2D eigenvalue weighted by molar-refractivity contribution is 6.06. The lowest BCUT2D eigenvalue weighted by atomic mass is 10.0. The predicted octanol–water partition coefficient (Wildman–Crippen LogP) is 4.21. The molecule has 0 aliphatic carbocycles. The molecule has 0 aromatic heterocycles. The van der Waals surface area contributed by atoms with Gasteiger partial charge in [0.2, 0.25) is 0 Å². The monoisotopic (exact) mass is 398 g/mol. The second-order valence-corrected chi connectivity index (χ2v) is 7.62. The van der Waals surface area contributed by atoms with Crippen LogP contribution in [0, 0.1) is 0 Å². The molecule has 5 heteroatoms. The summed E-state index contributed by atoms with van der Waals surface area (Å²) in [5.41, 5.74) is 4.63. The Morgan fingerprint density at radius 2 is 1.63 bits per heavy atom. The molecular formula is C25H22N2O3. The van der Waals surface area contributed by atoms with Gasteiger partial charge in [0.05, 0.1) is 12.2 Å². The molecule has 2 heterocycles. The van der Waals surface area contributed by atoms with E-state index in [2.05, 4.69) is 6.07 Å². The van der Waals surface area contributed by atoms with Crippen molar-refractivity contribution in [3.8, 4) is 5.75 Å². The van der Waals surface area contributed by atoms with Crippen molar-refractivity contribution in [2.24, 2.45) is 0 Å². The fraction of sp³-hybridized carbons (Fsp3) is 0.200. The maximum Gasteiger partial charge on any atom is 0.265 e. The molecule has 0 spiro atoms. The molecule has 0 radical (unpaired) electrons. The van der Waals surface area contributed by atoms with Gasteiger partial charge in [-0.05, 0) is 54.3 Å². The van der Waals surface area contributed by atoms with E-state index in [-0.39, 0.29) is 18.4 Å². The van der Waals surface area contributed by atoms with E-state index in [1.165, 1.54) is 5.56 Å². The molecule has 0 saturated carbocycles. The summed E-state index contributed by atoms with van der Waals surface area (Å²) in [6.07, 6.45) is 1.98. The van der Waals surface area contributed by atoms with E-state index < -0.39 is 0 Å². The summed E-state index contributed by atoms with van der Waals surface area (Å²) in [5, 5.41) is 0. The minimum atomic E-state index is -0.0706. The number of carbonyl (C=O) groups excluding carboxylic acids is 2. The molecule has 0 bridgehead atoms. The summed E-state index contributed by atoms with van der Waals surface area (Å²) in [5.74, 6) is 0.660. The largest absolute Gasteiger partial charge is 0.482 e. The lowest BCUT2D eigenvalue weighted by molar-refractivity contribution is -0.121. The van der Waals surface area contributed by atoms with E-state index in [0.717, 1.165) is 36.3 Å².